The van der Waals surface area contributed by atoms with Crippen LogP contribution in [-0.2, 0) is 0 Å². The molecule has 116 valence electrons. The minimum atomic E-state index is -0.184. The summed E-state index contributed by atoms with van der Waals surface area (Å²) < 4.78 is 5.33. The number of methoxy groups -OCH3 is 1. The molecule has 2 amide bonds. The number of benzene rings is 1. The normalized spacial score (nSPS) is 16.9. The van der Waals surface area contributed by atoms with Crippen LogP contribution in [0.5, 0.6) is 5.75 Å². The summed E-state index contributed by atoms with van der Waals surface area (Å²) in [5.74, 6) is 1.00. The molecule has 1 aliphatic carbocycles. The Bertz CT molecular complexity index is 486. The van der Waals surface area contributed by atoms with Crippen LogP contribution in [-0.4, -0.2) is 37.9 Å². The van der Waals surface area contributed by atoms with Crippen LogP contribution in [0.2, 0.25) is 0 Å². The lowest BCUT2D eigenvalue weighted by atomic mass is 10.0. The zero-order valence-electron chi connectivity index (χ0n) is 12.7. The van der Waals surface area contributed by atoms with Gasteiger partial charge in [0, 0.05) is 24.4 Å². The number of aliphatic hydroxyl groups is 1. The molecule has 1 fully saturated rings. The van der Waals surface area contributed by atoms with Gasteiger partial charge in [-0.2, -0.15) is 0 Å². The highest BCUT2D eigenvalue weighted by Gasteiger charge is 2.42. The number of carbonyl (C=O) groups excluding carboxylic acids is 1. The van der Waals surface area contributed by atoms with Gasteiger partial charge in [-0.1, -0.05) is 25.1 Å². The van der Waals surface area contributed by atoms with Gasteiger partial charge in [0.15, 0.2) is 0 Å². The van der Waals surface area contributed by atoms with Crippen molar-refractivity contribution in [2.45, 2.75) is 25.7 Å². The number of carbonyl (C=O) groups is 1. The highest BCUT2D eigenvalue weighted by molar-refractivity contribution is 5.74. The predicted octanol–water partition coefficient (Wildman–Crippen LogP) is 1.87. The van der Waals surface area contributed by atoms with E-state index in [4.69, 9.17) is 4.74 Å². The maximum Gasteiger partial charge on any atom is 0.314 e. The van der Waals surface area contributed by atoms with Gasteiger partial charge in [0.1, 0.15) is 5.75 Å². The van der Waals surface area contributed by atoms with Crippen LogP contribution < -0.4 is 15.4 Å². The molecule has 1 atom stereocenters. The number of rotatable bonds is 7. The van der Waals surface area contributed by atoms with Crippen LogP contribution in [0.25, 0.3) is 0 Å². The number of hydrogen-bond donors (Lipinski definition) is 3. The van der Waals surface area contributed by atoms with E-state index in [0.717, 1.165) is 24.2 Å². The summed E-state index contributed by atoms with van der Waals surface area (Å²) in [5.41, 5.74) is 1.01. The lowest BCUT2D eigenvalue weighted by Gasteiger charge is -2.17. The van der Waals surface area contributed by atoms with Crippen molar-refractivity contribution in [2.24, 2.45) is 5.41 Å². The Morgan fingerprint density at radius 3 is 2.71 bits per heavy atom. The molecule has 0 spiro atoms. The zero-order valence-corrected chi connectivity index (χ0v) is 12.7. The van der Waals surface area contributed by atoms with E-state index in [-0.39, 0.29) is 24.0 Å². The molecule has 0 heterocycles. The Morgan fingerprint density at radius 1 is 1.38 bits per heavy atom. The summed E-state index contributed by atoms with van der Waals surface area (Å²) in [7, 11) is 1.65. The molecule has 0 saturated heterocycles. The second kappa shape index (κ2) is 6.80. The monoisotopic (exact) mass is 292 g/mol. The molecule has 5 heteroatoms. The second-order valence-corrected chi connectivity index (χ2v) is 5.86. The first-order valence-corrected chi connectivity index (χ1v) is 7.36. The molecule has 0 aromatic heterocycles. The van der Waals surface area contributed by atoms with Crippen molar-refractivity contribution in [2.75, 3.05) is 26.8 Å². The van der Waals surface area contributed by atoms with Crippen molar-refractivity contribution >= 4 is 6.03 Å². The van der Waals surface area contributed by atoms with Gasteiger partial charge in [0.05, 0.1) is 13.7 Å². The average Bonchev–Trinajstić information content (AvgIpc) is 3.31. The molecular formula is C16H24N2O3. The van der Waals surface area contributed by atoms with E-state index in [9.17, 15) is 9.90 Å². The van der Waals surface area contributed by atoms with Crippen LogP contribution in [0.15, 0.2) is 24.3 Å². The molecule has 0 bridgehead atoms. The summed E-state index contributed by atoms with van der Waals surface area (Å²) in [6.45, 7) is 3.27. The summed E-state index contributed by atoms with van der Waals surface area (Å²) in [6.07, 6.45) is 1.97. The topological polar surface area (TPSA) is 70.6 Å². The molecule has 0 aliphatic heterocycles. The number of para-hydroxylation sites is 1. The first kappa shape index (κ1) is 15.6. The van der Waals surface area contributed by atoms with Crippen LogP contribution in [0.1, 0.15) is 31.2 Å². The van der Waals surface area contributed by atoms with Crippen LogP contribution >= 0.6 is 0 Å². The Labute approximate surface area is 125 Å². The summed E-state index contributed by atoms with van der Waals surface area (Å²) in [4.78, 5) is 11.8. The van der Waals surface area contributed by atoms with Gasteiger partial charge in [-0.3, -0.25) is 0 Å². The van der Waals surface area contributed by atoms with E-state index in [1.807, 2.05) is 31.2 Å². The fourth-order valence-corrected chi connectivity index (χ4v) is 2.33. The summed E-state index contributed by atoms with van der Waals surface area (Å²) in [5, 5.41) is 14.9. The van der Waals surface area contributed by atoms with E-state index in [1.54, 1.807) is 7.11 Å². The van der Waals surface area contributed by atoms with Crippen molar-refractivity contribution in [3.63, 3.8) is 0 Å². The van der Waals surface area contributed by atoms with Crippen LogP contribution in [0.4, 0.5) is 4.79 Å². The molecule has 1 unspecified atom stereocenters. The highest BCUT2D eigenvalue weighted by atomic mass is 16.5. The number of urea groups is 1. The molecule has 2 rings (SSSR count). The molecule has 21 heavy (non-hydrogen) atoms. The second-order valence-electron chi connectivity index (χ2n) is 5.86. The molecule has 0 radical (unpaired) electrons. The number of nitrogens with one attached hydrogen (secondary N) is 2. The van der Waals surface area contributed by atoms with Gasteiger partial charge in [0.2, 0.25) is 0 Å². The van der Waals surface area contributed by atoms with Gasteiger partial charge in [-0.05, 0) is 24.5 Å². The van der Waals surface area contributed by atoms with E-state index in [1.165, 1.54) is 0 Å². The number of hydrogen-bond acceptors (Lipinski definition) is 3. The Hall–Kier alpha value is -1.75. The molecule has 1 aromatic rings. The van der Waals surface area contributed by atoms with E-state index >= 15 is 0 Å². The van der Waals surface area contributed by atoms with Gasteiger partial charge in [-0.15, -0.1) is 0 Å². The van der Waals surface area contributed by atoms with Crippen molar-refractivity contribution in [1.82, 2.24) is 10.6 Å². The Balaban J connectivity index is 1.78. The van der Waals surface area contributed by atoms with Crippen molar-refractivity contribution in [3.8, 4) is 5.75 Å². The third kappa shape index (κ3) is 4.11. The number of amides is 2. The molecule has 5 nitrogen and oxygen atoms in total. The van der Waals surface area contributed by atoms with Crippen molar-refractivity contribution in [3.05, 3.63) is 29.8 Å². The molecule has 1 saturated carbocycles. The van der Waals surface area contributed by atoms with E-state index in [2.05, 4.69) is 10.6 Å². The first-order valence-electron chi connectivity index (χ1n) is 7.36. The van der Waals surface area contributed by atoms with Crippen LogP contribution in [0, 0.1) is 5.41 Å². The summed E-state index contributed by atoms with van der Waals surface area (Å²) in [6, 6.07) is 7.64. The van der Waals surface area contributed by atoms with Gasteiger partial charge < -0.3 is 20.5 Å². The minimum Gasteiger partial charge on any atom is -0.496 e. The quantitative estimate of drug-likeness (QED) is 0.718. The fraction of sp³-hybridized carbons (Fsp3) is 0.562. The third-order valence-electron chi connectivity index (χ3n) is 4.16. The lowest BCUT2D eigenvalue weighted by molar-refractivity contribution is 0.203. The van der Waals surface area contributed by atoms with Gasteiger partial charge in [0.25, 0.3) is 0 Å². The van der Waals surface area contributed by atoms with Crippen LogP contribution in [0.3, 0.4) is 0 Å². The SMILES string of the molecule is COc1ccccc1C(C)CNC(=O)NCC1(CO)CC1. The van der Waals surface area contributed by atoms with Crippen molar-refractivity contribution in [1.29, 1.82) is 0 Å². The van der Waals surface area contributed by atoms with Crippen molar-refractivity contribution < 1.29 is 14.6 Å². The fourth-order valence-electron chi connectivity index (χ4n) is 2.33. The van der Waals surface area contributed by atoms with Gasteiger partial charge >= 0.3 is 6.03 Å². The first-order chi connectivity index (χ1) is 10.1. The number of ether oxygens (including phenoxy) is 1. The van der Waals surface area contributed by atoms with E-state index < -0.39 is 0 Å². The highest BCUT2D eigenvalue weighted by Crippen LogP contribution is 2.44. The third-order valence-corrected chi connectivity index (χ3v) is 4.16. The Morgan fingerprint density at radius 2 is 2.10 bits per heavy atom. The number of aliphatic hydroxyl groups excluding tert-OH is 1. The maximum absolute atomic E-state index is 11.8. The summed E-state index contributed by atoms with van der Waals surface area (Å²) >= 11 is 0. The molecule has 1 aromatic carbocycles. The maximum atomic E-state index is 11.8. The molecule has 3 N–H and O–H groups in total. The average molecular weight is 292 g/mol. The standard InChI is InChI=1S/C16H24N2O3/c1-12(13-5-3-4-6-14(13)21-2)9-17-15(20)18-10-16(11-19)7-8-16/h3-6,12,19H,7-11H2,1-2H3,(H2,17,18,20). The zero-order chi connectivity index (χ0) is 15.3. The van der Waals surface area contributed by atoms with E-state index in [0.29, 0.717) is 13.1 Å². The Kier molecular flexibility index (Phi) is 5.07. The lowest BCUT2D eigenvalue weighted by Crippen LogP contribution is -2.40. The minimum absolute atomic E-state index is 0.0639. The molecule has 1 aliphatic rings. The molecular weight excluding hydrogens is 268 g/mol. The van der Waals surface area contributed by atoms with Gasteiger partial charge in [-0.25, -0.2) is 4.79 Å². The largest absolute Gasteiger partial charge is 0.496 e. The predicted molar refractivity (Wildman–Crippen MR) is 81.6 cm³/mol. The smallest absolute Gasteiger partial charge is 0.314 e.